The smallest absolute Gasteiger partial charge is 0.243 e. The van der Waals surface area contributed by atoms with Crippen LogP contribution in [-0.4, -0.2) is 17.9 Å². The fraction of sp³-hybridized carbons (Fsp3) is 0.368. The van der Waals surface area contributed by atoms with Crippen LogP contribution in [0.4, 0.5) is 0 Å². The molecule has 0 saturated carbocycles. The lowest BCUT2D eigenvalue weighted by Gasteiger charge is -2.24. The van der Waals surface area contributed by atoms with Gasteiger partial charge in [0.2, 0.25) is 11.8 Å². The van der Waals surface area contributed by atoms with E-state index in [0.717, 1.165) is 16.3 Å². The first-order valence-electron chi connectivity index (χ1n) is 7.95. The molecule has 2 amide bonds. The molecule has 4 nitrogen and oxygen atoms in total. The molecular weight excluding hydrogens is 288 g/mol. The van der Waals surface area contributed by atoms with Crippen molar-refractivity contribution in [2.75, 3.05) is 0 Å². The molecule has 0 unspecified atom stereocenters. The third-order valence-electron chi connectivity index (χ3n) is 3.96. The lowest BCUT2D eigenvalue weighted by Crippen LogP contribution is -2.49. The zero-order valence-electron chi connectivity index (χ0n) is 14.1. The molecule has 0 heterocycles. The Kier molecular flexibility index (Phi) is 5.37. The minimum atomic E-state index is -0.523. The molecule has 2 atom stereocenters. The van der Waals surface area contributed by atoms with E-state index in [9.17, 15) is 9.59 Å². The van der Waals surface area contributed by atoms with Crippen molar-refractivity contribution in [3.05, 3.63) is 48.0 Å². The Morgan fingerprint density at radius 2 is 1.57 bits per heavy atom. The van der Waals surface area contributed by atoms with E-state index < -0.39 is 6.04 Å². The zero-order valence-corrected chi connectivity index (χ0v) is 14.1. The van der Waals surface area contributed by atoms with Gasteiger partial charge in [-0.25, -0.2) is 0 Å². The van der Waals surface area contributed by atoms with Crippen molar-refractivity contribution in [2.24, 2.45) is 5.92 Å². The van der Waals surface area contributed by atoms with Crippen LogP contribution in [0.5, 0.6) is 0 Å². The van der Waals surface area contributed by atoms with Gasteiger partial charge in [0.15, 0.2) is 0 Å². The predicted molar refractivity (Wildman–Crippen MR) is 92.9 cm³/mol. The van der Waals surface area contributed by atoms with Gasteiger partial charge in [0, 0.05) is 6.92 Å². The summed E-state index contributed by atoms with van der Waals surface area (Å²) in [6.45, 7) is 7.23. The standard InChI is InChI=1S/C19H24N2O2/c1-12(2)18(21-14(4)22)19(23)20-13(3)16-11-7-9-15-8-5-6-10-17(15)16/h5-13,18H,1-4H3,(H,20,23)(H,21,22)/t13-,18-/m1/s1. The number of amides is 2. The second kappa shape index (κ2) is 7.27. The molecule has 2 rings (SSSR count). The van der Waals surface area contributed by atoms with Gasteiger partial charge in [0.05, 0.1) is 6.04 Å². The molecule has 2 aromatic carbocycles. The fourth-order valence-electron chi connectivity index (χ4n) is 2.76. The fourth-order valence-corrected chi connectivity index (χ4v) is 2.76. The maximum absolute atomic E-state index is 12.5. The van der Waals surface area contributed by atoms with Gasteiger partial charge in [0.1, 0.15) is 6.04 Å². The number of fused-ring (bicyclic) bond motifs is 1. The zero-order chi connectivity index (χ0) is 17.0. The van der Waals surface area contributed by atoms with Crippen LogP contribution in [0.3, 0.4) is 0 Å². The Hall–Kier alpha value is -2.36. The number of rotatable bonds is 5. The SMILES string of the molecule is CC(=O)N[C@@H](C(=O)N[C@H](C)c1cccc2ccccc12)C(C)C. The monoisotopic (exact) mass is 312 g/mol. The van der Waals surface area contributed by atoms with Gasteiger partial charge in [-0.15, -0.1) is 0 Å². The van der Waals surface area contributed by atoms with Crippen molar-refractivity contribution in [3.8, 4) is 0 Å². The van der Waals surface area contributed by atoms with Crippen LogP contribution < -0.4 is 10.6 Å². The summed E-state index contributed by atoms with van der Waals surface area (Å²) in [5, 5.41) is 8.02. The molecule has 2 aromatic rings. The van der Waals surface area contributed by atoms with Gasteiger partial charge in [-0.3, -0.25) is 9.59 Å². The molecule has 0 aliphatic carbocycles. The summed E-state index contributed by atoms with van der Waals surface area (Å²) in [6, 6.07) is 13.5. The quantitative estimate of drug-likeness (QED) is 0.891. The summed E-state index contributed by atoms with van der Waals surface area (Å²) < 4.78 is 0. The molecule has 122 valence electrons. The van der Waals surface area contributed by atoms with Crippen molar-refractivity contribution < 1.29 is 9.59 Å². The minimum Gasteiger partial charge on any atom is -0.348 e. The third-order valence-corrected chi connectivity index (χ3v) is 3.96. The number of hydrogen-bond acceptors (Lipinski definition) is 2. The lowest BCUT2D eigenvalue weighted by atomic mass is 9.98. The van der Waals surface area contributed by atoms with Gasteiger partial charge >= 0.3 is 0 Å². The van der Waals surface area contributed by atoms with E-state index in [4.69, 9.17) is 0 Å². The van der Waals surface area contributed by atoms with Gasteiger partial charge in [-0.2, -0.15) is 0 Å². The highest BCUT2D eigenvalue weighted by Gasteiger charge is 2.24. The topological polar surface area (TPSA) is 58.2 Å². The molecule has 0 bridgehead atoms. The van der Waals surface area contributed by atoms with E-state index in [1.165, 1.54) is 6.92 Å². The maximum Gasteiger partial charge on any atom is 0.243 e. The van der Waals surface area contributed by atoms with Crippen molar-refractivity contribution in [1.29, 1.82) is 0 Å². The average molecular weight is 312 g/mol. The highest BCUT2D eigenvalue weighted by atomic mass is 16.2. The molecule has 0 fully saturated rings. The summed E-state index contributed by atoms with van der Waals surface area (Å²) in [5.74, 6) is -0.328. The number of carbonyl (C=O) groups excluding carboxylic acids is 2. The van der Waals surface area contributed by atoms with E-state index >= 15 is 0 Å². The molecule has 0 aliphatic heterocycles. The summed E-state index contributed by atoms with van der Waals surface area (Å²) >= 11 is 0. The molecule has 0 saturated heterocycles. The van der Waals surface area contributed by atoms with Crippen molar-refractivity contribution in [2.45, 2.75) is 39.8 Å². The van der Waals surface area contributed by atoms with E-state index in [-0.39, 0.29) is 23.8 Å². The predicted octanol–water partition coefficient (Wildman–Crippen LogP) is 3.18. The van der Waals surface area contributed by atoms with Gasteiger partial charge in [-0.05, 0) is 29.2 Å². The Morgan fingerprint density at radius 3 is 2.22 bits per heavy atom. The first kappa shape index (κ1) is 17.0. The maximum atomic E-state index is 12.5. The van der Waals surface area contributed by atoms with Crippen LogP contribution in [-0.2, 0) is 9.59 Å². The normalized spacial score (nSPS) is 13.6. The Morgan fingerprint density at radius 1 is 0.913 bits per heavy atom. The first-order valence-corrected chi connectivity index (χ1v) is 7.95. The van der Waals surface area contributed by atoms with E-state index in [1.54, 1.807) is 0 Å². The van der Waals surface area contributed by atoms with E-state index in [1.807, 2.05) is 45.0 Å². The third kappa shape index (κ3) is 4.09. The van der Waals surface area contributed by atoms with Crippen LogP contribution in [0.25, 0.3) is 10.8 Å². The molecule has 0 aromatic heterocycles. The highest BCUT2D eigenvalue weighted by molar-refractivity contribution is 5.89. The van der Waals surface area contributed by atoms with Crippen LogP contribution in [0.15, 0.2) is 42.5 Å². The van der Waals surface area contributed by atoms with Crippen molar-refractivity contribution in [1.82, 2.24) is 10.6 Å². The van der Waals surface area contributed by atoms with E-state index in [0.29, 0.717) is 0 Å². The van der Waals surface area contributed by atoms with Gasteiger partial charge in [-0.1, -0.05) is 56.3 Å². The number of carbonyl (C=O) groups is 2. The Balaban J connectivity index is 2.21. The average Bonchev–Trinajstić information content (AvgIpc) is 2.51. The van der Waals surface area contributed by atoms with Gasteiger partial charge in [0.25, 0.3) is 0 Å². The Bertz CT molecular complexity index is 704. The molecule has 4 heteroatoms. The van der Waals surface area contributed by atoms with Gasteiger partial charge < -0.3 is 10.6 Å². The summed E-state index contributed by atoms with van der Waals surface area (Å²) in [6.07, 6.45) is 0. The van der Waals surface area contributed by atoms with E-state index in [2.05, 4.69) is 28.8 Å². The molecule has 23 heavy (non-hydrogen) atoms. The van der Waals surface area contributed by atoms with Crippen LogP contribution in [0.2, 0.25) is 0 Å². The van der Waals surface area contributed by atoms with Crippen LogP contribution in [0.1, 0.15) is 39.3 Å². The minimum absolute atomic E-state index is 0.0265. The lowest BCUT2D eigenvalue weighted by molar-refractivity contribution is -0.129. The number of benzene rings is 2. The first-order chi connectivity index (χ1) is 10.9. The molecule has 2 N–H and O–H groups in total. The molecule has 0 spiro atoms. The number of nitrogens with one attached hydrogen (secondary N) is 2. The second-order valence-electron chi connectivity index (χ2n) is 6.22. The molecular formula is C19H24N2O2. The molecule has 0 aliphatic rings. The summed E-state index contributed by atoms with van der Waals surface area (Å²) in [4.78, 5) is 23.8. The summed E-state index contributed by atoms with van der Waals surface area (Å²) in [5.41, 5.74) is 1.07. The second-order valence-corrected chi connectivity index (χ2v) is 6.22. The highest BCUT2D eigenvalue weighted by Crippen LogP contribution is 2.24. The van der Waals surface area contributed by atoms with Crippen molar-refractivity contribution >= 4 is 22.6 Å². The number of hydrogen-bond donors (Lipinski definition) is 2. The summed E-state index contributed by atoms with van der Waals surface area (Å²) in [7, 11) is 0. The largest absolute Gasteiger partial charge is 0.348 e. The van der Waals surface area contributed by atoms with Crippen LogP contribution >= 0.6 is 0 Å². The Labute approximate surface area is 137 Å². The van der Waals surface area contributed by atoms with Crippen LogP contribution in [0, 0.1) is 5.92 Å². The molecule has 0 radical (unpaired) electrons. The van der Waals surface area contributed by atoms with Crippen molar-refractivity contribution in [3.63, 3.8) is 0 Å².